The van der Waals surface area contributed by atoms with Crippen molar-refractivity contribution >= 4 is 17.5 Å². The van der Waals surface area contributed by atoms with Gasteiger partial charge in [0.05, 0.1) is 6.42 Å². The predicted molar refractivity (Wildman–Crippen MR) is 74.8 cm³/mol. The molecule has 0 spiro atoms. The summed E-state index contributed by atoms with van der Waals surface area (Å²) in [4.78, 5) is 14.1. The second kappa shape index (κ2) is 7.02. The molecular formula is C15H18ClF2NO. The number of benzene rings is 1. The topological polar surface area (TPSA) is 20.3 Å². The summed E-state index contributed by atoms with van der Waals surface area (Å²) in [6, 6.07) is 3.55. The van der Waals surface area contributed by atoms with Crippen LogP contribution in [0.15, 0.2) is 18.2 Å². The molecule has 0 aromatic heterocycles. The minimum Gasteiger partial charge on any atom is -0.339 e. The SMILES string of the molecule is O=C(Cc1ccc(F)cc1F)N1CCCC1CCCCl. The summed E-state index contributed by atoms with van der Waals surface area (Å²) in [7, 11) is 0. The Morgan fingerprint density at radius 3 is 2.90 bits per heavy atom. The van der Waals surface area contributed by atoms with Crippen LogP contribution in [0, 0.1) is 11.6 Å². The number of likely N-dealkylation sites (tertiary alicyclic amines) is 1. The third-order valence-electron chi connectivity index (χ3n) is 3.73. The van der Waals surface area contributed by atoms with Crippen LogP contribution in [-0.2, 0) is 11.2 Å². The van der Waals surface area contributed by atoms with Crippen LogP contribution in [0.25, 0.3) is 0 Å². The zero-order valence-electron chi connectivity index (χ0n) is 11.2. The summed E-state index contributed by atoms with van der Waals surface area (Å²) in [5.74, 6) is -0.784. The van der Waals surface area contributed by atoms with Gasteiger partial charge in [-0.3, -0.25) is 4.79 Å². The van der Waals surface area contributed by atoms with Gasteiger partial charge in [-0.2, -0.15) is 0 Å². The standard InChI is InChI=1S/C15H18ClF2NO/c16-7-1-3-13-4-2-8-19(13)15(20)9-11-5-6-12(17)10-14(11)18/h5-6,10,13H,1-4,7-9H2. The van der Waals surface area contributed by atoms with E-state index < -0.39 is 11.6 Å². The molecule has 1 amide bonds. The van der Waals surface area contributed by atoms with Gasteiger partial charge >= 0.3 is 0 Å². The van der Waals surface area contributed by atoms with Gasteiger partial charge in [-0.25, -0.2) is 8.78 Å². The molecule has 0 radical (unpaired) electrons. The number of hydrogen-bond acceptors (Lipinski definition) is 1. The van der Waals surface area contributed by atoms with Crippen molar-refractivity contribution in [3.8, 4) is 0 Å². The van der Waals surface area contributed by atoms with E-state index in [2.05, 4.69) is 0 Å². The van der Waals surface area contributed by atoms with E-state index >= 15 is 0 Å². The molecular weight excluding hydrogens is 284 g/mol. The van der Waals surface area contributed by atoms with Crippen LogP contribution in [-0.4, -0.2) is 29.3 Å². The summed E-state index contributed by atoms with van der Waals surface area (Å²) in [6.07, 6.45) is 3.71. The molecule has 1 atom stereocenters. The summed E-state index contributed by atoms with van der Waals surface area (Å²) in [5, 5.41) is 0. The number of alkyl halides is 1. The Labute approximate surface area is 122 Å². The lowest BCUT2D eigenvalue weighted by Crippen LogP contribution is -2.36. The Balaban J connectivity index is 2.00. The number of hydrogen-bond donors (Lipinski definition) is 0. The van der Waals surface area contributed by atoms with E-state index in [1.807, 2.05) is 4.90 Å². The van der Waals surface area contributed by atoms with Gasteiger partial charge in [0.25, 0.3) is 0 Å². The van der Waals surface area contributed by atoms with Gasteiger partial charge in [-0.15, -0.1) is 11.6 Å². The van der Waals surface area contributed by atoms with Crippen molar-refractivity contribution in [3.63, 3.8) is 0 Å². The molecule has 2 rings (SSSR count). The molecule has 5 heteroatoms. The normalized spacial score (nSPS) is 18.6. The van der Waals surface area contributed by atoms with E-state index in [4.69, 9.17) is 11.6 Å². The van der Waals surface area contributed by atoms with E-state index in [9.17, 15) is 13.6 Å². The summed E-state index contributed by atoms with van der Waals surface area (Å²) in [6.45, 7) is 0.717. The molecule has 0 aliphatic carbocycles. The molecule has 1 unspecified atom stereocenters. The van der Waals surface area contributed by atoms with Crippen LogP contribution >= 0.6 is 11.6 Å². The highest BCUT2D eigenvalue weighted by Gasteiger charge is 2.28. The minimum absolute atomic E-state index is 0.0104. The number of nitrogens with zero attached hydrogens (tertiary/aromatic N) is 1. The fourth-order valence-electron chi connectivity index (χ4n) is 2.71. The lowest BCUT2D eigenvalue weighted by molar-refractivity contribution is -0.131. The zero-order valence-corrected chi connectivity index (χ0v) is 12.0. The van der Waals surface area contributed by atoms with Crippen molar-refractivity contribution in [1.29, 1.82) is 0 Å². The average molecular weight is 302 g/mol. The molecule has 20 heavy (non-hydrogen) atoms. The van der Waals surface area contributed by atoms with Gasteiger partial charge in [0, 0.05) is 24.5 Å². The second-order valence-electron chi connectivity index (χ2n) is 5.13. The first-order valence-electron chi connectivity index (χ1n) is 6.91. The summed E-state index contributed by atoms with van der Waals surface area (Å²) >= 11 is 5.68. The Morgan fingerprint density at radius 1 is 1.40 bits per heavy atom. The van der Waals surface area contributed by atoms with Crippen molar-refractivity contribution in [2.45, 2.75) is 38.1 Å². The maximum Gasteiger partial charge on any atom is 0.227 e. The number of rotatable bonds is 5. The summed E-state index contributed by atoms with van der Waals surface area (Å²) < 4.78 is 26.4. The molecule has 2 nitrogen and oxygen atoms in total. The highest BCUT2D eigenvalue weighted by molar-refractivity contribution is 6.17. The van der Waals surface area contributed by atoms with E-state index in [1.54, 1.807) is 0 Å². The molecule has 1 fully saturated rings. The quantitative estimate of drug-likeness (QED) is 0.762. The van der Waals surface area contributed by atoms with E-state index in [0.717, 1.165) is 31.7 Å². The van der Waals surface area contributed by atoms with Crippen molar-refractivity contribution in [3.05, 3.63) is 35.4 Å². The third-order valence-corrected chi connectivity index (χ3v) is 3.99. The average Bonchev–Trinajstić information content (AvgIpc) is 2.88. The van der Waals surface area contributed by atoms with Gasteiger partial charge in [0.2, 0.25) is 5.91 Å². The van der Waals surface area contributed by atoms with Gasteiger partial charge in [0.1, 0.15) is 11.6 Å². The Kier molecular flexibility index (Phi) is 5.35. The monoisotopic (exact) mass is 301 g/mol. The highest BCUT2D eigenvalue weighted by Crippen LogP contribution is 2.23. The first kappa shape index (κ1) is 15.2. The molecule has 1 aromatic carbocycles. The Morgan fingerprint density at radius 2 is 2.20 bits per heavy atom. The predicted octanol–water partition coefficient (Wildman–Crippen LogP) is 3.52. The first-order chi connectivity index (χ1) is 9.61. The number of amides is 1. The number of carbonyl (C=O) groups excluding carboxylic acids is 1. The third kappa shape index (κ3) is 3.69. The van der Waals surface area contributed by atoms with Crippen LogP contribution in [0.1, 0.15) is 31.2 Å². The van der Waals surface area contributed by atoms with Crippen molar-refractivity contribution < 1.29 is 13.6 Å². The van der Waals surface area contributed by atoms with Crippen LogP contribution in [0.3, 0.4) is 0 Å². The molecule has 1 saturated heterocycles. The number of halogens is 3. The van der Waals surface area contributed by atoms with E-state index in [0.29, 0.717) is 12.4 Å². The van der Waals surface area contributed by atoms with Crippen LogP contribution < -0.4 is 0 Å². The van der Waals surface area contributed by atoms with Crippen LogP contribution in [0.4, 0.5) is 8.78 Å². The van der Waals surface area contributed by atoms with Crippen LogP contribution in [0.2, 0.25) is 0 Å². The molecule has 0 saturated carbocycles. The van der Waals surface area contributed by atoms with Gasteiger partial charge < -0.3 is 4.90 Å². The molecule has 1 heterocycles. The van der Waals surface area contributed by atoms with Gasteiger partial charge in [0.15, 0.2) is 0 Å². The maximum atomic E-state index is 13.6. The Hall–Kier alpha value is -1.16. The maximum absolute atomic E-state index is 13.6. The molecule has 1 aliphatic heterocycles. The van der Waals surface area contributed by atoms with Crippen molar-refractivity contribution in [2.75, 3.05) is 12.4 Å². The molecule has 110 valence electrons. The van der Waals surface area contributed by atoms with Crippen LogP contribution in [0.5, 0.6) is 0 Å². The van der Waals surface area contributed by atoms with Crippen molar-refractivity contribution in [2.24, 2.45) is 0 Å². The summed E-state index contributed by atoms with van der Waals surface area (Å²) in [5.41, 5.74) is 0.249. The highest BCUT2D eigenvalue weighted by atomic mass is 35.5. The van der Waals surface area contributed by atoms with Crippen molar-refractivity contribution in [1.82, 2.24) is 4.90 Å². The second-order valence-corrected chi connectivity index (χ2v) is 5.50. The molecule has 1 aliphatic rings. The first-order valence-corrected chi connectivity index (χ1v) is 7.44. The fourth-order valence-corrected chi connectivity index (χ4v) is 2.86. The minimum atomic E-state index is -0.658. The Bertz CT molecular complexity index is 481. The lowest BCUT2D eigenvalue weighted by Gasteiger charge is -2.24. The zero-order chi connectivity index (χ0) is 14.5. The van der Waals surface area contributed by atoms with Gasteiger partial charge in [-0.05, 0) is 37.3 Å². The molecule has 1 aromatic rings. The number of carbonyl (C=O) groups is 1. The fraction of sp³-hybridized carbons (Fsp3) is 0.533. The molecule has 0 bridgehead atoms. The van der Waals surface area contributed by atoms with E-state index in [-0.39, 0.29) is 23.9 Å². The smallest absolute Gasteiger partial charge is 0.227 e. The van der Waals surface area contributed by atoms with E-state index in [1.165, 1.54) is 12.1 Å². The largest absolute Gasteiger partial charge is 0.339 e. The molecule has 0 N–H and O–H groups in total. The van der Waals surface area contributed by atoms with Gasteiger partial charge in [-0.1, -0.05) is 6.07 Å². The lowest BCUT2D eigenvalue weighted by atomic mass is 10.1.